The van der Waals surface area contributed by atoms with E-state index in [1.807, 2.05) is 0 Å². The predicted molar refractivity (Wildman–Crippen MR) is 43.4 cm³/mol. The molecule has 0 saturated carbocycles. The molecule has 0 unspecified atom stereocenters. The Morgan fingerprint density at radius 3 is 2.38 bits per heavy atom. The number of para-hydroxylation sites is 2. The molecule has 1 aromatic rings. The lowest BCUT2D eigenvalue weighted by atomic mass is 10.3. The van der Waals surface area contributed by atoms with Gasteiger partial charge < -0.3 is 14.6 Å². The van der Waals surface area contributed by atoms with Crippen molar-refractivity contribution in [1.29, 1.82) is 0 Å². The summed E-state index contributed by atoms with van der Waals surface area (Å²) in [6, 6.07) is 6.72. The van der Waals surface area contributed by atoms with E-state index in [0.29, 0.717) is 17.8 Å². The number of esters is 1. The summed E-state index contributed by atoms with van der Waals surface area (Å²) in [4.78, 5) is 11.0. The molecule has 1 heterocycles. The molecule has 66 valence electrons. The van der Waals surface area contributed by atoms with Gasteiger partial charge in [-0.2, -0.15) is 0 Å². The molecule has 0 radical (unpaired) electrons. The summed E-state index contributed by atoms with van der Waals surface area (Å²) in [5, 5.41) is 8.60. The van der Waals surface area contributed by atoms with Gasteiger partial charge in [0.1, 0.15) is 6.26 Å². The van der Waals surface area contributed by atoms with Crippen LogP contribution in [0.4, 0.5) is 0 Å². The van der Waals surface area contributed by atoms with Gasteiger partial charge in [-0.05, 0) is 12.1 Å². The largest absolute Gasteiger partial charge is 0.511 e. The van der Waals surface area contributed by atoms with E-state index in [1.165, 1.54) is 0 Å². The van der Waals surface area contributed by atoms with Crippen LogP contribution in [-0.4, -0.2) is 11.1 Å². The van der Waals surface area contributed by atoms with Crippen LogP contribution in [0.25, 0.3) is 0 Å². The summed E-state index contributed by atoms with van der Waals surface area (Å²) in [6.45, 7) is 0. The van der Waals surface area contributed by atoms with E-state index in [4.69, 9.17) is 14.6 Å². The maximum atomic E-state index is 11.0. The lowest BCUT2D eigenvalue weighted by Gasteiger charge is -2.16. The smallest absolute Gasteiger partial charge is 0.383 e. The molecule has 1 aliphatic heterocycles. The Labute approximate surface area is 74.0 Å². The minimum absolute atomic E-state index is 0.210. The van der Waals surface area contributed by atoms with Gasteiger partial charge in [0.2, 0.25) is 5.76 Å². The van der Waals surface area contributed by atoms with Gasteiger partial charge in [0.05, 0.1) is 0 Å². The van der Waals surface area contributed by atoms with Crippen LogP contribution in [0.15, 0.2) is 36.3 Å². The topological polar surface area (TPSA) is 55.8 Å². The Hall–Kier alpha value is -1.97. The lowest BCUT2D eigenvalue weighted by Crippen LogP contribution is -2.20. The minimum atomic E-state index is -0.693. The number of aliphatic hydroxyl groups excluding tert-OH is 1. The van der Waals surface area contributed by atoms with E-state index in [1.54, 1.807) is 24.3 Å². The first-order valence-electron chi connectivity index (χ1n) is 3.64. The molecule has 0 aromatic heterocycles. The highest BCUT2D eigenvalue weighted by atomic mass is 16.6. The van der Waals surface area contributed by atoms with Crippen molar-refractivity contribution in [3.05, 3.63) is 36.3 Å². The van der Waals surface area contributed by atoms with Crippen LogP contribution in [0.5, 0.6) is 11.5 Å². The molecule has 0 bridgehead atoms. The molecule has 1 aromatic carbocycles. The van der Waals surface area contributed by atoms with E-state index < -0.39 is 5.97 Å². The van der Waals surface area contributed by atoms with E-state index in [2.05, 4.69) is 0 Å². The highest BCUT2D eigenvalue weighted by Crippen LogP contribution is 2.32. The van der Waals surface area contributed by atoms with Crippen LogP contribution >= 0.6 is 0 Å². The molecule has 0 fully saturated rings. The summed E-state index contributed by atoms with van der Waals surface area (Å²) < 4.78 is 9.87. The summed E-state index contributed by atoms with van der Waals surface area (Å²) >= 11 is 0. The second kappa shape index (κ2) is 2.82. The molecule has 0 aliphatic carbocycles. The third-order valence-corrected chi connectivity index (χ3v) is 1.59. The van der Waals surface area contributed by atoms with Crippen LogP contribution < -0.4 is 9.47 Å². The SMILES string of the molecule is O=C1Oc2ccccc2O/C1=C/O. The number of fused-ring (bicyclic) bond motifs is 1. The maximum absolute atomic E-state index is 11.0. The van der Waals surface area contributed by atoms with Crippen molar-refractivity contribution in [2.24, 2.45) is 0 Å². The molecule has 0 amide bonds. The minimum Gasteiger partial charge on any atom is -0.511 e. The molecule has 1 aliphatic rings. The van der Waals surface area contributed by atoms with Crippen LogP contribution in [-0.2, 0) is 4.79 Å². The molecule has 0 spiro atoms. The molecule has 13 heavy (non-hydrogen) atoms. The van der Waals surface area contributed by atoms with Gasteiger partial charge >= 0.3 is 5.97 Å². The summed E-state index contributed by atoms with van der Waals surface area (Å²) in [5.41, 5.74) is 0. The fourth-order valence-electron chi connectivity index (χ4n) is 1.01. The number of hydrogen-bond donors (Lipinski definition) is 1. The van der Waals surface area contributed by atoms with Crippen molar-refractivity contribution in [2.45, 2.75) is 0 Å². The van der Waals surface area contributed by atoms with Crippen LogP contribution in [0.1, 0.15) is 0 Å². The normalized spacial score (nSPS) is 17.5. The zero-order chi connectivity index (χ0) is 9.26. The van der Waals surface area contributed by atoms with Crippen molar-refractivity contribution < 1.29 is 19.4 Å². The molecule has 0 atom stereocenters. The molecular weight excluding hydrogens is 172 g/mol. The second-order valence-electron chi connectivity index (χ2n) is 2.43. The van der Waals surface area contributed by atoms with Crippen molar-refractivity contribution in [3.63, 3.8) is 0 Å². The molecule has 0 saturated heterocycles. The molecule has 1 N–H and O–H groups in total. The zero-order valence-electron chi connectivity index (χ0n) is 6.56. The van der Waals surface area contributed by atoms with Gasteiger partial charge in [0.15, 0.2) is 11.5 Å². The number of carbonyl (C=O) groups is 1. The number of ether oxygens (including phenoxy) is 2. The molecular formula is C9H6O4. The van der Waals surface area contributed by atoms with Gasteiger partial charge in [-0.3, -0.25) is 0 Å². The highest BCUT2D eigenvalue weighted by molar-refractivity contribution is 5.90. The number of aliphatic hydroxyl groups is 1. The first kappa shape index (κ1) is 7.67. The maximum Gasteiger partial charge on any atom is 0.383 e. The monoisotopic (exact) mass is 178 g/mol. The first-order valence-corrected chi connectivity index (χ1v) is 3.64. The number of carbonyl (C=O) groups excluding carboxylic acids is 1. The van der Waals surface area contributed by atoms with E-state index in [0.717, 1.165) is 0 Å². The Bertz CT molecular complexity index is 381. The van der Waals surface area contributed by atoms with E-state index >= 15 is 0 Å². The van der Waals surface area contributed by atoms with Gasteiger partial charge in [-0.25, -0.2) is 4.79 Å². The van der Waals surface area contributed by atoms with Crippen molar-refractivity contribution in [3.8, 4) is 11.5 Å². The number of rotatable bonds is 0. The third kappa shape index (κ3) is 1.22. The average molecular weight is 178 g/mol. The third-order valence-electron chi connectivity index (χ3n) is 1.59. The Morgan fingerprint density at radius 2 is 1.77 bits per heavy atom. The molecule has 4 nitrogen and oxygen atoms in total. The first-order chi connectivity index (χ1) is 6.31. The van der Waals surface area contributed by atoms with Gasteiger partial charge in [-0.15, -0.1) is 0 Å². The van der Waals surface area contributed by atoms with Crippen molar-refractivity contribution in [2.75, 3.05) is 0 Å². The van der Waals surface area contributed by atoms with E-state index in [-0.39, 0.29) is 5.76 Å². The fraction of sp³-hybridized carbons (Fsp3) is 0. The molecule has 2 rings (SSSR count). The second-order valence-corrected chi connectivity index (χ2v) is 2.43. The predicted octanol–water partition coefficient (Wildman–Crippen LogP) is 1.38. The highest BCUT2D eigenvalue weighted by Gasteiger charge is 2.23. The Morgan fingerprint density at radius 1 is 1.15 bits per heavy atom. The van der Waals surface area contributed by atoms with Crippen LogP contribution in [0.3, 0.4) is 0 Å². The van der Waals surface area contributed by atoms with Gasteiger partial charge in [-0.1, -0.05) is 12.1 Å². The standard InChI is InChI=1S/C9H6O4/c10-5-8-9(11)13-7-4-2-1-3-6(7)12-8/h1-5,10H/b8-5+. The Balaban J connectivity index is 2.44. The summed E-state index contributed by atoms with van der Waals surface area (Å²) in [7, 11) is 0. The van der Waals surface area contributed by atoms with Crippen molar-refractivity contribution in [1.82, 2.24) is 0 Å². The number of benzene rings is 1. The zero-order valence-corrected chi connectivity index (χ0v) is 6.56. The van der Waals surface area contributed by atoms with Crippen LogP contribution in [0.2, 0.25) is 0 Å². The molecule has 4 heteroatoms. The van der Waals surface area contributed by atoms with Gasteiger partial charge in [0, 0.05) is 0 Å². The number of hydrogen-bond acceptors (Lipinski definition) is 4. The van der Waals surface area contributed by atoms with Crippen LogP contribution in [0, 0.1) is 0 Å². The van der Waals surface area contributed by atoms with E-state index in [9.17, 15) is 4.79 Å². The van der Waals surface area contributed by atoms with Gasteiger partial charge in [0.25, 0.3) is 0 Å². The summed E-state index contributed by atoms with van der Waals surface area (Å²) in [6.07, 6.45) is 0.582. The average Bonchev–Trinajstić information content (AvgIpc) is 2.17. The quantitative estimate of drug-likeness (QED) is 0.282. The summed E-state index contributed by atoms with van der Waals surface area (Å²) in [5.74, 6) is -0.125. The fourth-order valence-corrected chi connectivity index (χ4v) is 1.01. The lowest BCUT2D eigenvalue weighted by molar-refractivity contribution is -0.134. The van der Waals surface area contributed by atoms with Crippen molar-refractivity contribution >= 4 is 5.97 Å². The Kier molecular flexibility index (Phi) is 1.66.